The van der Waals surface area contributed by atoms with Crippen molar-refractivity contribution in [3.8, 4) is 0 Å². The van der Waals surface area contributed by atoms with Gasteiger partial charge in [-0.1, -0.05) is 25.5 Å². The van der Waals surface area contributed by atoms with Gasteiger partial charge in [-0.15, -0.1) is 0 Å². The Morgan fingerprint density at radius 1 is 1.08 bits per heavy atom. The second-order valence-electron chi connectivity index (χ2n) is 10.6. The van der Waals surface area contributed by atoms with Gasteiger partial charge in [0.1, 0.15) is 0 Å². The maximum Gasteiger partial charge on any atom is 0.0765 e. The zero-order chi connectivity index (χ0) is 16.4. The van der Waals surface area contributed by atoms with Gasteiger partial charge in [-0.3, -0.25) is 4.90 Å². The molecule has 4 heteroatoms. The summed E-state index contributed by atoms with van der Waals surface area (Å²) in [5.74, 6) is 0.647. The molecule has 2 spiro atoms. The molecule has 1 unspecified atom stereocenters. The Morgan fingerprint density at radius 2 is 1.88 bits per heavy atom. The highest BCUT2D eigenvalue weighted by atomic mass is 16.3. The lowest BCUT2D eigenvalue weighted by Gasteiger charge is -2.67. The summed E-state index contributed by atoms with van der Waals surface area (Å²) in [5, 5.41) is 34.1. The van der Waals surface area contributed by atoms with Crippen molar-refractivity contribution in [3.63, 3.8) is 0 Å². The van der Waals surface area contributed by atoms with Gasteiger partial charge >= 0.3 is 0 Å². The number of hydrogen-bond donors (Lipinski definition) is 3. The third-order valence-electron chi connectivity index (χ3n) is 10.3. The van der Waals surface area contributed by atoms with Gasteiger partial charge in [-0.05, 0) is 36.0 Å². The van der Waals surface area contributed by atoms with E-state index in [1.807, 2.05) is 0 Å². The number of rotatable bonds is 0. The van der Waals surface area contributed by atoms with E-state index in [1.54, 1.807) is 0 Å². The minimum absolute atomic E-state index is 0.135. The van der Waals surface area contributed by atoms with Crippen LogP contribution in [0.4, 0.5) is 0 Å². The number of aliphatic hydroxyl groups excluding tert-OH is 3. The molecular weight excluding hydrogens is 302 g/mol. The maximum absolute atomic E-state index is 11.6. The molecule has 0 aromatic heterocycles. The molecule has 9 bridgehead atoms. The standard InChI is InChI=1S/C20H27NO3/c1-8-6-20-10-12(22)9(8)13(23)15(20)19-5-3-4-18(2)7-21(16(10)19)11(14(18)19)17(20)24/h9-17,22-24H,1,3-7H2,2H3/t9-,10+,11+,12+,13+,14+,15-,16+,17+,18-,19-,20-/m0/s1. The predicted molar refractivity (Wildman–Crippen MR) is 86.8 cm³/mol. The van der Waals surface area contributed by atoms with Crippen LogP contribution >= 0.6 is 0 Å². The summed E-state index contributed by atoms with van der Waals surface area (Å²) in [6, 6.07) is 0.645. The lowest BCUT2D eigenvalue weighted by molar-refractivity contribution is -0.251. The van der Waals surface area contributed by atoms with E-state index in [4.69, 9.17) is 0 Å². The normalized spacial score (nSPS) is 76.1. The predicted octanol–water partition coefficient (Wildman–Crippen LogP) is 0.764. The topological polar surface area (TPSA) is 63.9 Å². The van der Waals surface area contributed by atoms with Gasteiger partial charge in [0.05, 0.1) is 18.3 Å². The SMILES string of the molecule is C=C1C[C@]23[C@@H]4[C@H](O)[C@H]1[C@@H](O)[C@H]2[C@]12CCC[C@@]5(C)CN([C@@H]([C@H]3O)[C@H]51)[C@H]42. The Balaban J connectivity index is 1.57. The molecule has 9 fully saturated rings. The average molecular weight is 329 g/mol. The minimum atomic E-state index is -0.523. The molecule has 24 heavy (non-hydrogen) atoms. The molecule has 13 atom stereocenters. The lowest BCUT2D eigenvalue weighted by Crippen LogP contribution is -2.73. The molecule has 6 aliphatic carbocycles. The monoisotopic (exact) mass is 329 g/mol. The number of piperidine rings is 2. The second-order valence-corrected chi connectivity index (χ2v) is 10.6. The van der Waals surface area contributed by atoms with E-state index in [2.05, 4.69) is 18.4 Å². The molecular formula is C20H27NO3. The molecule has 130 valence electrons. The van der Waals surface area contributed by atoms with Crippen molar-refractivity contribution < 1.29 is 15.3 Å². The van der Waals surface area contributed by atoms with Crippen LogP contribution in [0.2, 0.25) is 0 Å². The van der Waals surface area contributed by atoms with Gasteiger partial charge < -0.3 is 15.3 Å². The van der Waals surface area contributed by atoms with E-state index in [1.165, 1.54) is 19.3 Å². The van der Waals surface area contributed by atoms with Crippen molar-refractivity contribution >= 4 is 0 Å². The first kappa shape index (κ1) is 13.7. The van der Waals surface area contributed by atoms with Crippen LogP contribution in [0.5, 0.6) is 0 Å². The van der Waals surface area contributed by atoms with Crippen molar-refractivity contribution in [3.05, 3.63) is 12.2 Å². The first-order valence-corrected chi connectivity index (χ1v) is 9.87. The average Bonchev–Trinajstić information content (AvgIpc) is 2.99. The van der Waals surface area contributed by atoms with Gasteiger partial charge in [0, 0.05) is 41.8 Å². The van der Waals surface area contributed by atoms with Crippen molar-refractivity contribution in [1.82, 2.24) is 4.90 Å². The molecule has 3 heterocycles. The summed E-state index contributed by atoms with van der Waals surface area (Å²) in [4.78, 5) is 2.60. The van der Waals surface area contributed by atoms with E-state index in [-0.39, 0.29) is 34.6 Å². The Hall–Kier alpha value is -0.420. The van der Waals surface area contributed by atoms with Crippen LogP contribution in [0, 0.1) is 39.9 Å². The number of nitrogens with zero attached hydrogens (tertiary/aromatic N) is 1. The summed E-state index contributed by atoms with van der Waals surface area (Å²) in [6.45, 7) is 7.72. The van der Waals surface area contributed by atoms with E-state index >= 15 is 0 Å². The highest BCUT2D eigenvalue weighted by Gasteiger charge is 2.91. The lowest BCUT2D eigenvalue weighted by atomic mass is 9.39. The zero-order valence-electron chi connectivity index (χ0n) is 14.2. The Labute approximate surface area is 142 Å². The number of aliphatic hydroxyl groups is 3. The molecule has 0 aromatic carbocycles. The summed E-state index contributed by atoms with van der Waals surface area (Å²) < 4.78 is 0. The second kappa shape index (κ2) is 3.40. The number of fused-ring (bicyclic) bond motifs is 1. The van der Waals surface area contributed by atoms with E-state index in [0.717, 1.165) is 18.5 Å². The molecule has 9 rings (SSSR count). The molecule has 0 amide bonds. The molecule has 3 saturated heterocycles. The smallest absolute Gasteiger partial charge is 0.0765 e. The van der Waals surface area contributed by atoms with Gasteiger partial charge in [0.2, 0.25) is 0 Å². The molecule has 3 N–H and O–H groups in total. The molecule has 4 nitrogen and oxygen atoms in total. The van der Waals surface area contributed by atoms with Crippen LogP contribution in [0.3, 0.4) is 0 Å². The van der Waals surface area contributed by atoms with Crippen molar-refractivity contribution in [1.29, 1.82) is 0 Å². The Bertz CT molecular complexity index is 709. The van der Waals surface area contributed by atoms with Crippen LogP contribution in [0.25, 0.3) is 0 Å². The maximum atomic E-state index is 11.6. The van der Waals surface area contributed by atoms with Crippen LogP contribution < -0.4 is 0 Å². The van der Waals surface area contributed by atoms with Crippen LogP contribution in [-0.2, 0) is 0 Å². The van der Waals surface area contributed by atoms with Crippen molar-refractivity contribution in [2.24, 2.45) is 39.9 Å². The fourth-order valence-corrected chi connectivity index (χ4v) is 10.5. The molecule has 9 aliphatic rings. The Morgan fingerprint density at radius 3 is 2.67 bits per heavy atom. The van der Waals surface area contributed by atoms with E-state index in [9.17, 15) is 15.3 Å². The number of hydrogen-bond acceptors (Lipinski definition) is 4. The summed E-state index contributed by atoms with van der Waals surface area (Å²) in [6.07, 6.45) is 3.06. The summed E-state index contributed by atoms with van der Waals surface area (Å²) in [5.41, 5.74) is 1.10. The molecule has 0 aromatic rings. The largest absolute Gasteiger partial charge is 0.392 e. The first-order chi connectivity index (χ1) is 11.4. The molecule has 0 radical (unpaired) electrons. The third kappa shape index (κ3) is 0.922. The highest BCUT2D eigenvalue weighted by molar-refractivity contribution is 5.44. The fourth-order valence-electron chi connectivity index (χ4n) is 10.5. The quantitative estimate of drug-likeness (QED) is 0.574. The van der Waals surface area contributed by atoms with Crippen LogP contribution in [0.15, 0.2) is 12.2 Å². The van der Waals surface area contributed by atoms with Crippen molar-refractivity contribution in [2.45, 2.75) is 63.0 Å². The van der Waals surface area contributed by atoms with Crippen molar-refractivity contribution in [2.75, 3.05) is 6.54 Å². The Kier molecular flexibility index (Phi) is 1.95. The molecule has 3 aliphatic heterocycles. The van der Waals surface area contributed by atoms with Gasteiger partial charge in [-0.25, -0.2) is 0 Å². The minimum Gasteiger partial charge on any atom is -0.392 e. The van der Waals surface area contributed by atoms with Gasteiger partial charge in [-0.2, -0.15) is 0 Å². The fraction of sp³-hybridized carbons (Fsp3) is 0.900. The van der Waals surface area contributed by atoms with E-state index < -0.39 is 18.3 Å². The van der Waals surface area contributed by atoms with E-state index in [0.29, 0.717) is 17.4 Å². The van der Waals surface area contributed by atoms with Gasteiger partial charge in [0.25, 0.3) is 0 Å². The third-order valence-corrected chi connectivity index (χ3v) is 10.3. The summed E-state index contributed by atoms with van der Waals surface area (Å²) in [7, 11) is 0. The zero-order valence-corrected chi connectivity index (χ0v) is 14.2. The molecule has 6 saturated carbocycles. The first-order valence-electron chi connectivity index (χ1n) is 9.87. The van der Waals surface area contributed by atoms with Crippen LogP contribution in [-0.4, -0.2) is 57.2 Å². The van der Waals surface area contributed by atoms with Gasteiger partial charge in [0.15, 0.2) is 0 Å². The summed E-state index contributed by atoms with van der Waals surface area (Å²) >= 11 is 0. The highest BCUT2D eigenvalue weighted by Crippen LogP contribution is 2.86. The van der Waals surface area contributed by atoms with Crippen LogP contribution in [0.1, 0.15) is 32.6 Å².